The first-order chi connectivity index (χ1) is 12.8. The Hall–Kier alpha value is -2.82. The molecule has 26 heavy (non-hydrogen) atoms. The Morgan fingerprint density at radius 3 is 2.81 bits per heavy atom. The van der Waals surface area contributed by atoms with Crippen LogP contribution in [0.1, 0.15) is 18.4 Å². The first-order valence-electron chi connectivity index (χ1n) is 9.31. The maximum atomic E-state index is 12.6. The quantitative estimate of drug-likeness (QED) is 0.745. The van der Waals surface area contributed by atoms with E-state index in [9.17, 15) is 4.79 Å². The van der Waals surface area contributed by atoms with Gasteiger partial charge in [0, 0.05) is 19.6 Å². The van der Waals surface area contributed by atoms with Gasteiger partial charge < -0.3 is 15.2 Å². The summed E-state index contributed by atoms with van der Waals surface area (Å²) in [6.45, 7) is 2.34. The fourth-order valence-electron chi connectivity index (χ4n) is 3.59. The highest BCUT2D eigenvalue weighted by atomic mass is 16.1. The summed E-state index contributed by atoms with van der Waals surface area (Å²) in [7, 11) is 0. The average Bonchev–Trinajstić information content (AvgIpc) is 3.13. The molecule has 1 atom stereocenters. The number of carbonyl (C=O) groups is 1. The minimum absolute atomic E-state index is 0.0211. The number of nitrogens with zero attached hydrogens (tertiary/aromatic N) is 2. The van der Waals surface area contributed by atoms with Crippen molar-refractivity contribution >= 4 is 22.9 Å². The number of para-hydroxylation sites is 2. The summed E-state index contributed by atoms with van der Waals surface area (Å²) in [4.78, 5) is 22.8. The molecule has 1 aliphatic heterocycles. The van der Waals surface area contributed by atoms with E-state index >= 15 is 0 Å². The number of anilines is 1. The Morgan fingerprint density at radius 1 is 1.15 bits per heavy atom. The van der Waals surface area contributed by atoms with Crippen LogP contribution < -0.4 is 10.2 Å². The molecule has 3 aromatic rings. The van der Waals surface area contributed by atoms with Gasteiger partial charge in [0.1, 0.15) is 0 Å². The second kappa shape index (κ2) is 7.60. The smallest absolute Gasteiger partial charge is 0.224 e. The summed E-state index contributed by atoms with van der Waals surface area (Å²) < 4.78 is 0. The van der Waals surface area contributed by atoms with Gasteiger partial charge in [0.2, 0.25) is 11.9 Å². The van der Waals surface area contributed by atoms with Gasteiger partial charge in [-0.2, -0.15) is 0 Å². The molecule has 0 spiro atoms. The number of hydrogen-bond donors (Lipinski definition) is 2. The highest BCUT2D eigenvalue weighted by molar-refractivity contribution is 5.80. The monoisotopic (exact) mass is 348 g/mol. The van der Waals surface area contributed by atoms with Gasteiger partial charge in [-0.3, -0.25) is 4.79 Å². The van der Waals surface area contributed by atoms with Gasteiger partial charge in [-0.15, -0.1) is 0 Å². The van der Waals surface area contributed by atoms with Crippen LogP contribution in [0.5, 0.6) is 0 Å². The number of aromatic nitrogens is 2. The molecule has 0 unspecified atom stereocenters. The normalized spacial score (nSPS) is 17.4. The van der Waals surface area contributed by atoms with Gasteiger partial charge in [-0.05, 0) is 37.0 Å². The fourth-order valence-corrected chi connectivity index (χ4v) is 3.59. The van der Waals surface area contributed by atoms with E-state index in [4.69, 9.17) is 0 Å². The van der Waals surface area contributed by atoms with Crippen LogP contribution in [0.15, 0.2) is 54.6 Å². The molecule has 5 nitrogen and oxygen atoms in total. The molecule has 2 aromatic carbocycles. The molecular weight excluding hydrogens is 324 g/mol. The van der Waals surface area contributed by atoms with Crippen LogP contribution in [0, 0.1) is 5.92 Å². The van der Waals surface area contributed by atoms with Crippen LogP contribution in [0.2, 0.25) is 0 Å². The number of carbonyl (C=O) groups excluding carboxylic acids is 1. The largest absolute Gasteiger partial charge is 0.355 e. The number of H-pyrrole nitrogens is 1. The van der Waals surface area contributed by atoms with Gasteiger partial charge in [-0.25, -0.2) is 4.98 Å². The third kappa shape index (κ3) is 3.72. The Labute approximate surface area is 153 Å². The Bertz CT molecular complexity index is 841. The number of hydrogen-bond acceptors (Lipinski definition) is 3. The summed E-state index contributed by atoms with van der Waals surface area (Å²) in [6.07, 6.45) is 2.81. The topological polar surface area (TPSA) is 61.0 Å². The number of fused-ring (bicyclic) bond motifs is 1. The third-order valence-electron chi connectivity index (χ3n) is 5.02. The molecule has 5 heteroatoms. The molecule has 2 N–H and O–H groups in total. The van der Waals surface area contributed by atoms with Gasteiger partial charge in [0.05, 0.1) is 17.0 Å². The lowest BCUT2D eigenvalue weighted by molar-refractivity contribution is -0.125. The van der Waals surface area contributed by atoms with Crippen molar-refractivity contribution in [2.45, 2.75) is 19.3 Å². The van der Waals surface area contributed by atoms with Crippen molar-refractivity contribution < 1.29 is 4.79 Å². The Morgan fingerprint density at radius 2 is 1.96 bits per heavy atom. The molecule has 0 saturated carbocycles. The van der Waals surface area contributed by atoms with Crippen LogP contribution in [-0.4, -0.2) is 35.5 Å². The zero-order valence-electron chi connectivity index (χ0n) is 14.8. The van der Waals surface area contributed by atoms with Crippen LogP contribution in [0.4, 0.5) is 5.95 Å². The molecule has 4 rings (SSSR count). The first-order valence-corrected chi connectivity index (χ1v) is 9.31. The van der Waals surface area contributed by atoms with Gasteiger partial charge >= 0.3 is 0 Å². The van der Waals surface area contributed by atoms with E-state index in [2.05, 4.69) is 32.3 Å². The number of piperidine rings is 1. The molecule has 1 saturated heterocycles. The van der Waals surface area contributed by atoms with Gasteiger partial charge in [0.15, 0.2) is 0 Å². The Balaban J connectivity index is 1.34. The summed E-state index contributed by atoms with van der Waals surface area (Å²) in [5, 5.41) is 3.10. The lowest BCUT2D eigenvalue weighted by Gasteiger charge is -2.31. The van der Waals surface area contributed by atoms with Gasteiger partial charge in [0.25, 0.3) is 0 Å². The number of benzene rings is 2. The third-order valence-corrected chi connectivity index (χ3v) is 5.02. The van der Waals surface area contributed by atoms with Crippen molar-refractivity contribution in [1.82, 2.24) is 15.3 Å². The van der Waals surface area contributed by atoms with E-state index in [0.717, 1.165) is 49.3 Å². The van der Waals surface area contributed by atoms with Crippen molar-refractivity contribution in [3.8, 4) is 0 Å². The number of imidazole rings is 1. The molecule has 0 radical (unpaired) electrons. The highest BCUT2D eigenvalue weighted by Gasteiger charge is 2.27. The fraction of sp³-hybridized carbons (Fsp3) is 0.333. The van der Waals surface area contributed by atoms with Crippen molar-refractivity contribution in [2.24, 2.45) is 5.92 Å². The van der Waals surface area contributed by atoms with Crippen LogP contribution in [-0.2, 0) is 11.2 Å². The minimum atomic E-state index is 0.0211. The lowest BCUT2D eigenvalue weighted by atomic mass is 9.97. The SMILES string of the molecule is O=C(NCCc1ccccc1)[C@@H]1CCCN(c2nc3ccccc3[nH]2)C1. The molecular formula is C21H24N4O. The second-order valence-corrected chi connectivity index (χ2v) is 6.89. The summed E-state index contributed by atoms with van der Waals surface area (Å²) in [6, 6.07) is 18.3. The number of nitrogens with one attached hydrogen (secondary N) is 2. The van der Waals surface area contributed by atoms with E-state index in [1.807, 2.05) is 42.5 Å². The first kappa shape index (κ1) is 16.6. The van der Waals surface area contributed by atoms with Crippen LogP contribution in [0.25, 0.3) is 11.0 Å². The Kier molecular flexibility index (Phi) is 4.86. The predicted octanol–water partition coefficient (Wildman–Crippen LogP) is 3.14. The average molecular weight is 348 g/mol. The van der Waals surface area contributed by atoms with Crippen molar-refractivity contribution in [1.29, 1.82) is 0 Å². The number of rotatable bonds is 5. The van der Waals surface area contributed by atoms with E-state index in [-0.39, 0.29) is 11.8 Å². The zero-order valence-corrected chi connectivity index (χ0v) is 14.8. The van der Waals surface area contributed by atoms with Crippen LogP contribution in [0.3, 0.4) is 0 Å². The molecule has 2 heterocycles. The summed E-state index contributed by atoms with van der Waals surface area (Å²) in [5.74, 6) is 1.04. The van der Waals surface area contributed by atoms with Crippen molar-refractivity contribution in [2.75, 3.05) is 24.5 Å². The molecule has 1 aromatic heterocycles. The predicted molar refractivity (Wildman–Crippen MR) is 104 cm³/mol. The zero-order chi connectivity index (χ0) is 17.8. The molecule has 0 bridgehead atoms. The number of amides is 1. The number of aromatic amines is 1. The maximum Gasteiger partial charge on any atom is 0.224 e. The van der Waals surface area contributed by atoms with Crippen molar-refractivity contribution in [3.63, 3.8) is 0 Å². The van der Waals surface area contributed by atoms with E-state index in [1.165, 1.54) is 5.56 Å². The van der Waals surface area contributed by atoms with Crippen molar-refractivity contribution in [3.05, 3.63) is 60.2 Å². The second-order valence-electron chi connectivity index (χ2n) is 6.89. The summed E-state index contributed by atoms with van der Waals surface area (Å²) >= 11 is 0. The summed E-state index contributed by atoms with van der Waals surface area (Å²) in [5.41, 5.74) is 3.26. The van der Waals surface area contributed by atoms with E-state index in [1.54, 1.807) is 0 Å². The van der Waals surface area contributed by atoms with Gasteiger partial charge in [-0.1, -0.05) is 42.5 Å². The lowest BCUT2D eigenvalue weighted by Crippen LogP contribution is -2.43. The van der Waals surface area contributed by atoms with E-state index in [0.29, 0.717) is 6.54 Å². The van der Waals surface area contributed by atoms with E-state index < -0.39 is 0 Å². The maximum absolute atomic E-state index is 12.6. The molecule has 1 amide bonds. The molecule has 134 valence electrons. The van der Waals surface area contributed by atoms with Crippen LogP contribution >= 0.6 is 0 Å². The molecule has 1 aliphatic rings. The molecule has 1 fully saturated rings. The standard InChI is InChI=1S/C21H24N4O/c26-20(22-13-12-16-7-2-1-3-8-16)17-9-6-14-25(15-17)21-23-18-10-4-5-11-19(18)24-21/h1-5,7-8,10-11,17H,6,9,12-15H2,(H,22,26)(H,23,24)/t17-/m1/s1. The highest BCUT2D eigenvalue weighted by Crippen LogP contribution is 2.23. The molecule has 0 aliphatic carbocycles. The minimum Gasteiger partial charge on any atom is -0.355 e.